The maximum absolute atomic E-state index is 11.1. The number of carboxylic acid groups (broad SMARTS) is 2. The normalized spacial score (nSPS) is 12.9. The monoisotopic (exact) mass is 260 g/mol. The van der Waals surface area contributed by atoms with Crippen LogP contribution in [0.15, 0.2) is 11.3 Å². The van der Waals surface area contributed by atoms with E-state index in [-0.39, 0.29) is 12.2 Å². The summed E-state index contributed by atoms with van der Waals surface area (Å²) in [6.45, 7) is 6.93. The van der Waals surface area contributed by atoms with E-state index in [4.69, 9.17) is 15.1 Å². The summed E-state index contributed by atoms with van der Waals surface area (Å²) in [6.07, 6.45) is 1.56. The lowest BCUT2D eigenvalue weighted by Gasteiger charge is -2.20. The van der Waals surface area contributed by atoms with Gasteiger partial charge in [0.1, 0.15) is 0 Å². The van der Waals surface area contributed by atoms with Gasteiger partial charge in [0, 0.05) is 0 Å². The minimum Gasteiger partial charge on any atom is -0.478 e. The molecule has 0 aromatic rings. The van der Waals surface area contributed by atoms with Crippen molar-refractivity contribution in [1.82, 2.24) is 0 Å². The molecule has 6 nitrogen and oxygen atoms in total. The fraction of sp³-hybridized carbons (Fsp3) is 0.667. The minimum atomic E-state index is -1.46. The summed E-state index contributed by atoms with van der Waals surface area (Å²) in [6, 6.07) is 0. The second-order valence-corrected chi connectivity index (χ2v) is 4.82. The van der Waals surface area contributed by atoms with Crippen molar-refractivity contribution in [2.45, 2.75) is 40.5 Å². The molecule has 0 amide bonds. The third-order valence-corrected chi connectivity index (χ3v) is 2.11. The van der Waals surface area contributed by atoms with Crippen molar-refractivity contribution >= 4 is 11.9 Å². The molecule has 0 radical (unpaired) electrons. The molecule has 104 valence electrons. The highest BCUT2D eigenvalue weighted by Gasteiger charge is 2.33. The average Bonchev–Trinajstić information content (AvgIpc) is 2.19. The summed E-state index contributed by atoms with van der Waals surface area (Å²) in [4.78, 5) is 31.5. The molecule has 0 unspecified atom stereocenters. The third kappa shape index (κ3) is 5.18. The van der Waals surface area contributed by atoms with Gasteiger partial charge in [-0.3, -0.25) is 0 Å². The van der Waals surface area contributed by atoms with E-state index in [1.54, 1.807) is 20.8 Å². The standard InChI is InChI=1S/C12H20O6/c1-5-6-7-17-18-9(11(15)16)8(10(13)14)12(2,3)4/h5-7H2,1-4H3,(H,13,14)(H,15,16)/b9-8+. The predicted molar refractivity (Wildman–Crippen MR) is 63.7 cm³/mol. The van der Waals surface area contributed by atoms with Gasteiger partial charge >= 0.3 is 11.9 Å². The van der Waals surface area contributed by atoms with Gasteiger partial charge in [-0.05, 0) is 11.8 Å². The van der Waals surface area contributed by atoms with Gasteiger partial charge in [0.15, 0.2) is 0 Å². The summed E-state index contributed by atoms with van der Waals surface area (Å²) in [5, 5.41) is 18.1. The van der Waals surface area contributed by atoms with E-state index >= 15 is 0 Å². The van der Waals surface area contributed by atoms with Crippen molar-refractivity contribution in [1.29, 1.82) is 0 Å². The van der Waals surface area contributed by atoms with Crippen molar-refractivity contribution < 1.29 is 29.6 Å². The fourth-order valence-electron chi connectivity index (χ4n) is 1.25. The maximum atomic E-state index is 11.1. The Kier molecular flexibility index (Phi) is 6.40. The Balaban J connectivity index is 5.12. The molecule has 0 spiro atoms. The molecule has 0 fully saturated rings. The van der Waals surface area contributed by atoms with Crippen LogP contribution in [0, 0.1) is 5.41 Å². The van der Waals surface area contributed by atoms with Crippen LogP contribution in [0.5, 0.6) is 0 Å². The van der Waals surface area contributed by atoms with Gasteiger partial charge in [0.25, 0.3) is 5.76 Å². The molecule has 18 heavy (non-hydrogen) atoms. The molecule has 0 saturated carbocycles. The van der Waals surface area contributed by atoms with Crippen molar-refractivity contribution in [3.05, 3.63) is 11.3 Å². The van der Waals surface area contributed by atoms with Crippen LogP contribution in [-0.4, -0.2) is 28.8 Å². The summed E-state index contributed by atoms with van der Waals surface area (Å²) in [7, 11) is 0. The topological polar surface area (TPSA) is 93.1 Å². The summed E-state index contributed by atoms with van der Waals surface area (Å²) < 4.78 is 0. The molecule has 0 aliphatic rings. The number of hydrogen-bond donors (Lipinski definition) is 2. The average molecular weight is 260 g/mol. The molecule has 6 heteroatoms. The Morgan fingerprint density at radius 2 is 1.67 bits per heavy atom. The molecular formula is C12H20O6. The number of carboxylic acids is 2. The molecule has 0 aromatic carbocycles. The predicted octanol–water partition coefficient (Wildman–Crippen LogP) is 2.20. The van der Waals surface area contributed by atoms with E-state index in [9.17, 15) is 9.59 Å². The lowest BCUT2D eigenvalue weighted by atomic mass is 9.85. The SMILES string of the molecule is CCCCOO/C(C(=O)O)=C(\C(=O)O)C(C)(C)C. The molecule has 0 aliphatic heterocycles. The molecule has 0 bridgehead atoms. The third-order valence-electron chi connectivity index (χ3n) is 2.11. The van der Waals surface area contributed by atoms with Crippen LogP contribution in [0.2, 0.25) is 0 Å². The number of aliphatic carboxylic acids is 2. The summed E-state index contributed by atoms with van der Waals surface area (Å²) >= 11 is 0. The molecule has 0 aliphatic carbocycles. The second-order valence-electron chi connectivity index (χ2n) is 4.82. The Labute approximate surface area is 106 Å². The molecule has 0 heterocycles. The van der Waals surface area contributed by atoms with Crippen LogP contribution in [0.3, 0.4) is 0 Å². The molecule has 0 saturated heterocycles. The van der Waals surface area contributed by atoms with E-state index in [1.807, 2.05) is 6.92 Å². The van der Waals surface area contributed by atoms with E-state index in [0.29, 0.717) is 6.42 Å². The zero-order valence-corrected chi connectivity index (χ0v) is 11.1. The quantitative estimate of drug-likeness (QED) is 0.240. The zero-order chi connectivity index (χ0) is 14.3. The molecule has 0 rings (SSSR count). The van der Waals surface area contributed by atoms with Crippen LogP contribution in [0.4, 0.5) is 0 Å². The van der Waals surface area contributed by atoms with Crippen LogP contribution in [-0.2, 0) is 19.4 Å². The molecular weight excluding hydrogens is 240 g/mol. The Bertz CT molecular complexity index is 337. The van der Waals surface area contributed by atoms with E-state index in [2.05, 4.69) is 4.89 Å². The van der Waals surface area contributed by atoms with Crippen LogP contribution >= 0.6 is 0 Å². The van der Waals surface area contributed by atoms with Gasteiger partial charge in [-0.25, -0.2) is 9.59 Å². The summed E-state index contributed by atoms with van der Waals surface area (Å²) in [5.74, 6) is -3.47. The Morgan fingerprint density at radius 1 is 1.11 bits per heavy atom. The number of hydrogen-bond acceptors (Lipinski definition) is 4. The maximum Gasteiger partial charge on any atom is 0.375 e. The fourth-order valence-corrected chi connectivity index (χ4v) is 1.25. The first kappa shape index (κ1) is 16.4. The van der Waals surface area contributed by atoms with E-state index in [1.165, 1.54) is 0 Å². The van der Waals surface area contributed by atoms with Crippen molar-refractivity contribution in [2.75, 3.05) is 6.61 Å². The highest BCUT2D eigenvalue weighted by molar-refractivity contribution is 5.98. The molecule has 0 aromatic heterocycles. The second kappa shape index (κ2) is 7.00. The lowest BCUT2D eigenvalue weighted by molar-refractivity contribution is -0.265. The number of unbranched alkanes of at least 4 members (excludes halogenated alkanes) is 1. The van der Waals surface area contributed by atoms with Crippen molar-refractivity contribution in [3.63, 3.8) is 0 Å². The Hall–Kier alpha value is -1.56. The minimum absolute atomic E-state index is 0.213. The summed E-state index contributed by atoms with van der Waals surface area (Å²) in [5.41, 5.74) is -1.19. The van der Waals surface area contributed by atoms with Gasteiger partial charge in [-0.2, -0.15) is 4.89 Å². The lowest BCUT2D eigenvalue weighted by Crippen LogP contribution is -2.24. The van der Waals surface area contributed by atoms with Crippen LogP contribution in [0.25, 0.3) is 0 Å². The zero-order valence-electron chi connectivity index (χ0n) is 11.1. The first-order valence-electron chi connectivity index (χ1n) is 5.72. The van der Waals surface area contributed by atoms with Crippen molar-refractivity contribution in [2.24, 2.45) is 5.41 Å². The Morgan fingerprint density at radius 3 is 2.00 bits per heavy atom. The van der Waals surface area contributed by atoms with E-state index < -0.39 is 23.1 Å². The first-order chi connectivity index (χ1) is 8.21. The molecule has 2 N–H and O–H groups in total. The van der Waals surface area contributed by atoms with Gasteiger partial charge in [0.05, 0.1) is 12.2 Å². The van der Waals surface area contributed by atoms with Gasteiger partial charge < -0.3 is 15.1 Å². The van der Waals surface area contributed by atoms with E-state index in [0.717, 1.165) is 6.42 Å². The smallest absolute Gasteiger partial charge is 0.375 e. The van der Waals surface area contributed by atoms with Crippen molar-refractivity contribution in [3.8, 4) is 0 Å². The van der Waals surface area contributed by atoms with Crippen LogP contribution < -0.4 is 0 Å². The largest absolute Gasteiger partial charge is 0.478 e. The van der Waals surface area contributed by atoms with Gasteiger partial charge in [-0.1, -0.05) is 34.1 Å². The number of rotatable bonds is 7. The highest BCUT2D eigenvalue weighted by Crippen LogP contribution is 2.29. The first-order valence-corrected chi connectivity index (χ1v) is 5.72. The van der Waals surface area contributed by atoms with Crippen LogP contribution in [0.1, 0.15) is 40.5 Å². The van der Waals surface area contributed by atoms with Gasteiger partial charge in [0.2, 0.25) is 0 Å². The molecule has 0 atom stereocenters. The van der Waals surface area contributed by atoms with Gasteiger partial charge in [-0.15, -0.1) is 0 Å². The highest BCUT2D eigenvalue weighted by atomic mass is 17.2. The number of carbonyl (C=O) groups is 2.